The SMILES string of the molecule is COc1ccc2cc3c(N)c(C(=O)OC(C)C)sc3nc2c1. The number of pyridine rings is 1. The van der Waals surface area contributed by atoms with Gasteiger partial charge in [0.2, 0.25) is 0 Å². The van der Waals surface area contributed by atoms with Crippen LogP contribution in [0, 0.1) is 0 Å². The molecule has 2 heterocycles. The molecule has 0 amide bonds. The van der Waals surface area contributed by atoms with Crippen LogP contribution in [-0.2, 0) is 4.74 Å². The number of carbonyl (C=O) groups is 1. The molecule has 114 valence electrons. The number of nitrogens with zero attached hydrogens (tertiary/aromatic N) is 1. The van der Waals surface area contributed by atoms with Crippen LogP contribution >= 0.6 is 11.3 Å². The van der Waals surface area contributed by atoms with Crippen molar-refractivity contribution >= 4 is 44.1 Å². The number of hydrogen-bond acceptors (Lipinski definition) is 6. The molecule has 2 N–H and O–H groups in total. The lowest BCUT2D eigenvalue weighted by Gasteiger charge is -2.06. The van der Waals surface area contributed by atoms with Crippen LogP contribution in [0.15, 0.2) is 24.3 Å². The number of aromatic nitrogens is 1. The fraction of sp³-hybridized carbons (Fsp3) is 0.250. The second kappa shape index (κ2) is 5.46. The monoisotopic (exact) mass is 316 g/mol. The molecule has 0 aliphatic carbocycles. The summed E-state index contributed by atoms with van der Waals surface area (Å²) in [7, 11) is 1.61. The minimum absolute atomic E-state index is 0.187. The Labute approximate surface area is 131 Å². The Morgan fingerprint density at radius 1 is 1.32 bits per heavy atom. The van der Waals surface area contributed by atoms with Crippen molar-refractivity contribution in [3.8, 4) is 5.75 Å². The molecule has 0 spiro atoms. The van der Waals surface area contributed by atoms with Gasteiger partial charge in [0.05, 0.1) is 24.4 Å². The van der Waals surface area contributed by atoms with E-state index >= 15 is 0 Å². The zero-order chi connectivity index (χ0) is 15.9. The standard InChI is InChI=1S/C16H16N2O3S/c1-8(2)21-16(19)14-13(17)11-6-9-4-5-10(20-3)7-12(9)18-15(11)22-14/h4-8H,17H2,1-3H3. The number of nitrogens with two attached hydrogens (primary N) is 1. The third-order valence-electron chi connectivity index (χ3n) is 3.25. The summed E-state index contributed by atoms with van der Waals surface area (Å²) in [5, 5.41) is 1.72. The van der Waals surface area contributed by atoms with Crippen molar-refractivity contribution in [1.82, 2.24) is 4.98 Å². The number of nitrogen functional groups attached to an aromatic ring is 1. The van der Waals surface area contributed by atoms with Gasteiger partial charge in [-0.3, -0.25) is 0 Å². The fourth-order valence-electron chi connectivity index (χ4n) is 2.22. The van der Waals surface area contributed by atoms with Crippen LogP contribution in [0.3, 0.4) is 0 Å². The van der Waals surface area contributed by atoms with E-state index in [0.717, 1.165) is 22.0 Å². The molecular formula is C16H16N2O3S. The van der Waals surface area contributed by atoms with Crippen molar-refractivity contribution in [3.63, 3.8) is 0 Å². The summed E-state index contributed by atoms with van der Waals surface area (Å²) < 4.78 is 10.4. The summed E-state index contributed by atoms with van der Waals surface area (Å²) in [5.74, 6) is 0.334. The lowest BCUT2D eigenvalue weighted by molar-refractivity contribution is 0.0385. The topological polar surface area (TPSA) is 74.4 Å². The van der Waals surface area contributed by atoms with Gasteiger partial charge >= 0.3 is 5.97 Å². The molecule has 3 rings (SSSR count). The number of anilines is 1. The first kappa shape index (κ1) is 14.6. The summed E-state index contributed by atoms with van der Waals surface area (Å²) >= 11 is 1.25. The van der Waals surface area contributed by atoms with Gasteiger partial charge in [-0.1, -0.05) is 0 Å². The summed E-state index contributed by atoms with van der Waals surface area (Å²) in [5.41, 5.74) is 7.34. The van der Waals surface area contributed by atoms with E-state index in [1.54, 1.807) is 21.0 Å². The Hall–Kier alpha value is -2.34. The van der Waals surface area contributed by atoms with E-state index < -0.39 is 5.97 Å². The van der Waals surface area contributed by atoms with Gasteiger partial charge in [0, 0.05) is 16.8 Å². The van der Waals surface area contributed by atoms with E-state index in [4.69, 9.17) is 15.2 Å². The molecule has 0 bridgehead atoms. The fourth-order valence-corrected chi connectivity index (χ4v) is 3.19. The number of fused-ring (bicyclic) bond motifs is 2. The molecule has 5 nitrogen and oxygen atoms in total. The van der Waals surface area contributed by atoms with E-state index in [9.17, 15) is 4.79 Å². The second-order valence-corrected chi connectivity index (χ2v) is 6.20. The van der Waals surface area contributed by atoms with Gasteiger partial charge in [-0.2, -0.15) is 0 Å². The maximum absolute atomic E-state index is 12.1. The highest BCUT2D eigenvalue weighted by Crippen LogP contribution is 2.35. The highest BCUT2D eigenvalue weighted by atomic mass is 32.1. The van der Waals surface area contributed by atoms with Crippen molar-refractivity contribution < 1.29 is 14.3 Å². The molecule has 6 heteroatoms. The molecule has 0 fully saturated rings. The Morgan fingerprint density at radius 2 is 2.09 bits per heavy atom. The number of rotatable bonds is 3. The first-order chi connectivity index (χ1) is 10.5. The minimum Gasteiger partial charge on any atom is -0.497 e. The molecule has 1 aromatic carbocycles. The van der Waals surface area contributed by atoms with E-state index in [2.05, 4.69) is 4.98 Å². The van der Waals surface area contributed by atoms with Gasteiger partial charge in [-0.05, 0) is 32.0 Å². The van der Waals surface area contributed by atoms with Crippen LogP contribution in [0.1, 0.15) is 23.5 Å². The minimum atomic E-state index is -0.405. The van der Waals surface area contributed by atoms with Crippen LogP contribution in [0.5, 0.6) is 5.75 Å². The molecule has 22 heavy (non-hydrogen) atoms. The van der Waals surface area contributed by atoms with Crippen LogP contribution in [0.2, 0.25) is 0 Å². The molecule has 2 aromatic heterocycles. The van der Waals surface area contributed by atoms with Crippen LogP contribution in [-0.4, -0.2) is 24.2 Å². The lowest BCUT2D eigenvalue weighted by Crippen LogP contribution is -2.11. The van der Waals surface area contributed by atoms with E-state index in [1.165, 1.54) is 11.3 Å². The van der Waals surface area contributed by atoms with E-state index in [-0.39, 0.29) is 6.10 Å². The summed E-state index contributed by atoms with van der Waals surface area (Å²) in [6.07, 6.45) is -0.187. The van der Waals surface area contributed by atoms with Crippen molar-refractivity contribution in [1.29, 1.82) is 0 Å². The summed E-state index contributed by atoms with van der Waals surface area (Å²) in [6, 6.07) is 7.59. The van der Waals surface area contributed by atoms with Gasteiger partial charge < -0.3 is 15.2 Å². The van der Waals surface area contributed by atoms with Crippen molar-refractivity contribution in [2.45, 2.75) is 20.0 Å². The normalized spacial score (nSPS) is 11.3. The third-order valence-corrected chi connectivity index (χ3v) is 4.35. The highest BCUT2D eigenvalue weighted by Gasteiger charge is 2.20. The van der Waals surface area contributed by atoms with Gasteiger partial charge in [0.25, 0.3) is 0 Å². The number of ether oxygens (including phenoxy) is 2. The zero-order valence-corrected chi connectivity index (χ0v) is 13.4. The number of esters is 1. The maximum Gasteiger partial charge on any atom is 0.350 e. The highest BCUT2D eigenvalue weighted by molar-refractivity contribution is 7.21. The number of hydrogen-bond donors (Lipinski definition) is 1. The molecular weight excluding hydrogens is 300 g/mol. The maximum atomic E-state index is 12.1. The van der Waals surface area contributed by atoms with Crippen molar-refractivity contribution in [2.75, 3.05) is 12.8 Å². The van der Waals surface area contributed by atoms with Gasteiger partial charge in [0.1, 0.15) is 15.5 Å². The Bertz CT molecular complexity index is 871. The number of benzene rings is 1. The molecule has 0 radical (unpaired) electrons. The first-order valence-corrected chi connectivity index (χ1v) is 7.69. The Kier molecular flexibility index (Phi) is 3.62. The van der Waals surface area contributed by atoms with Crippen molar-refractivity contribution in [2.24, 2.45) is 0 Å². The molecule has 0 aliphatic heterocycles. The molecule has 0 aliphatic rings. The number of carbonyl (C=O) groups excluding carboxylic acids is 1. The van der Waals surface area contributed by atoms with Crippen LogP contribution < -0.4 is 10.5 Å². The summed E-state index contributed by atoms with van der Waals surface area (Å²) in [4.78, 5) is 17.8. The van der Waals surface area contributed by atoms with Crippen molar-refractivity contribution in [3.05, 3.63) is 29.1 Å². The van der Waals surface area contributed by atoms with Crippen LogP contribution in [0.4, 0.5) is 5.69 Å². The number of thiophene rings is 1. The predicted octanol–water partition coefficient (Wildman–Crippen LogP) is 3.61. The zero-order valence-electron chi connectivity index (χ0n) is 12.5. The molecule has 0 atom stereocenters. The molecule has 0 saturated heterocycles. The quantitative estimate of drug-likeness (QED) is 0.747. The Balaban J connectivity index is 2.16. The Morgan fingerprint density at radius 3 is 2.77 bits per heavy atom. The van der Waals surface area contributed by atoms with E-state index in [0.29, 0.717) is 15.4 Å². The van der Waals surface area contributed by atoms with Gasteiger partial charge in [-0.25, -0.2) is 9.78 Å². The predicted molar refractivity (Wildman–Crippen MR) is 88.6 cm³/mol. The lowest BCUT2D eigenvalue weighted by atomic mass is 10.1. The van der Waals surface area contributed by atoms with Crippen LogP contribution in [0.25, 0.3) is 21.1 Å². The number of methoxy groups -OCH3 is 1. The smallest absolute Gasteiger partial charge is 0.350 e. The summed E-state index contributed by atoms with van der Waals surface area (Å²) in [6.45, 7) is 3.61. The average Bonchev–Trinajstić information content (AvgIpc) is 2.80. The van der Waals surface area contributed by atoms with E-state index in [1.807, 2.05) is 24.3 Å². The molecule has 0 unspecified atom stereocenters. The van der Waals surface area contributed by atoms with Gasteiger partial charge in [0.15, 0.2) is 0 Å². The largest absolute Gasteiger partial charge is 0.497 e. The molecule has 0 saturated carbocycles. The first-order valence-electron chi connectivity index (χ1n) is 6.87. The third kappa shape index (κ3) is 2.46. The second-order valence-electron chi connectivity index (χ2n) is 5.20. The van der Waals surface area contributed by atoms with Gasteiger partial charge in [-0.15, -0.1) is 11.3 Å². The average molecular weight is 316 g/mol. The molecule has 3 aromatic rings.